The minimum absolute atomic E-state index is 0.00620. The molecule has 0 aromatic carbocycles. The van der Waals surface area contributed by atoms with Crippen LogP contribution in [0, 0.1) is 13.8 Å². The third kappa shape index (κ3) is 2.29. The lowest BCUT2D eigenvalue weighted by Crippen LogP contribution is -2.14. The number of thioether (sulfide) groups is 1. The van der Waals surface area contributed by atoms with Crippen molar-refractivity contribution >= 4 is 22.6 Å². The number of hydrogen-bond donors (Lipinski definition) is 1. The average molecular weight is 345 g/mol. The minimum atomic E-state index is -0.0300. The first-order valence-corrected chi connectivity index (χ1v) is 9.41. The lowest BCUT2D eigenvalue weighted by atomic mass is 10.0. The van der Waals surface area contributed by atoms with E-state index in [0.717, 1.165) is 46.2 Å². The second-order valence-electron chi connectivity index (χ2n) is 6.82. The van der Waals surface area contributed by atoms with Gasteiger partial charge in [-0.05, 0) is 33.6 Å². The molecule has 1 atom stereocenters. The molecule has 0 amide bonds. The molecule has 2 aromatic rings. The highest BCUT2D eigenvalue weighted by Gasteiger charge is 2.35. The van der Waals surface area contributed by atoms with E-state index in [2.05, 4.69) is 17.1 Å². The maximum atomic E-state index is 12.8. The van der Waals surface area contributed by atoms with Crippen molar-refractivity contribution in [1.82, 2.24) is 19.6 Å². The van der Waals surface area contributed by atoms with Crippen molar-refractivity contribution in [3.8, 4) is 0 Å². The molecule has 0 unspecified atom stereocenters. The molecule has 24 heavy (non-hydrogen) atoms. The van der Waals surface area contributed by atoms with Crippen molar-refractivity contribution in [3.63, 3.8) is 0 Å². The van der Waals surface area contributed by atoms with Crippen molar-refractivity contribution < 1.29 is 0 Å². The van der Waals surface area contributed by atoms with Gasteiger partial charge in [-0.1, -0.05) is 24.6 Å². The summed E-state index contributed by atoms with van der Waals surface area (Å²) in [6.07, 6.45) is 4.69. The number of nitrogens with one attached hydrogen (secondary N) is 1. The summed E-state index contributed by atoms with van der Waals surface area (Å²) in [5.41, 5.74) is 4.03. The van der Waals surface area contributed by atoms with E-state index < -0.39 is 0 Å². The van der Waals surface area contributed by atoms with Crippen LogP contribution in [0.3, 0.4) is 0 Å². The summed E-state index contributed by atoms with van der Waals surface area (Å²) < 4.78 is 3.93. The van der Waals surface area contributed by atoms with Crippen LogP contribution in [0.15, 0.2) is 9.79 Å². The number of aliphatic imine (C=N–C) groups is 1. The van der Waals surface area contributed by atoms with E-state index in [-0.39, 0.29) is 10.8 Å². The Morgan fingerprint density at radius 1 is 1.17 bits per heavy atom. The smallest absolute Gasteiger partial charge is 0.271 e. The van der Waals surface area contributed by atoms with Crippen LogP contribution in [0.1, 0.15) is 66.4 Å². The molecule has 0 bridgehead atoms. The van der Waals surface area contributed by atoms with E-state index in [1.807, 2.05) is 30.3 Å². The van der Waals surface area contributed by atoms with Crippen molar-refractivity contribution in [2.24, 2.45) is 12.0 Å². The Bertz CT molecular complexity index is 882. The van der Waals surface area contributed by atoms with Crippen LogP contribution >= 0.6 is 11.8 Å². The first kappa shape index (κ1) is 15.7. The van der Waals surface area contributed by atoms with Crippen LogP contribution in [0.5, 0.6) is 0 Å². The van der Waals surface area contributed by atoms with Gasteiger partial charge in [0.1, 0.15) is 0 Å². The molecule has 1 saturated carbocycles. The van der Waals surface area contributed by atoms with Gasteiger partial charge in [0.15, 0.2) is 5.82 Å². The number of aromatic nitrogens is 4. The molecule has 1 aliphatic heterocycles. The van der Waals surface area contributed by atoms with E-state index in [1.165, 1.54) is 12.8 Å². The van der Waals surface area contributed by atoms with Gasteiger partial charge in [0.05, 0.1) is 27.6 Å². The number of aryl methyl sites for hydroxylation is 2. The molecule has 0 spiro atoms. The molecule has 1 fully saturated rings. The topological polar surface area (TPSA) is 68.0 Å². The Hall–Kier alpha value is -1.76. The molecule has 1 N–H and O–H groups in total. The second kappa shape index (κ2) is 5.65. The predicted molar refractivity (Wildman–Crippen MR) is 97.4 cm³/mol. The maximum Gasteiger partial charge on any atom is 0.271 e. The fourth-order valence-corrected chi connectivity index (χ4v) is 5.28. The molecule has 2 aliphatic rings. The standard InChI is InChI=1S/C17H23N5OS/c1-9-13(10(2)21(4)19-9)15-14-16(18-11(3)24-15)22(20-17(14)23)12-7-5-6-8-12/h12,15H,5-8H2,1-4H3,(H,20,23)/t15-/m0/s1. The third-order valence-corrected chi connectivity index (χ3v) is 6.41. The van der Waals surface area contributed by atoms with Crippen LogP contribution in [-0.2, 0) is 7.05 Å². The Kier molecular flexibility index (Phi) is 3.71. The summed E-state index contributed by atoms with van der Waals surface area (Å²) in [7, 11) is 1.95. The normalized spacial score (nSPS) is 21.2. The first-order valence-electron chi connectivity index (χ1n) is 8.53. The van der Waals surface area contributed by atoms with Crippen molar-refractivity contribution in [3.05, 3.63) is 32.9 Å². The lowest BCUT2D eigenvalue weighted by molar-refractivity contribution is 0.468. The number of nitrogens with zero attached hydrogens (tertiary/aromatic N) is 4. The lowest BCUT2D eigenvalue weighted by Gasteiger charge is -2.22. The molecular formula is C17H23N5OS. The summed E-state index contributed by atoms with van der Waals surface area (Å²) in [5, 5.41) is 8.59. The summed E-state index contributed by atoms with van der Waals surface area (Å²) in [6, 6.07) is 0.373. The zero-order valence-corrected chi connectivity index (χ0v) is 15.4. The van der Waals surface area contributed by atoms with E-state index in [1.54, 1.807) is 11.8 Å². The van der Waals surface area contributed by atoms with Crippen molar-refractivity contribution in [1.29, 1.82) is 0 Å². The number of hydrogen-bond acceptors (Lipinski definition) is 4. The Morgan fingerprint density at radius 2 is 1.88 bits per heavy atom. The van der Waals surface area contributed by atoms with E-state index >= 15 is 0 Å². The summed E-state index contributed by atoms with van der Waals surface area (Å²) >= 11 is 1.66. The molecule has 3 heterocycles. The summed E-state index contributed by atoms with van der Waals surface area (Å²) in [6.45, 7) is 6.11. The number of aromatic amines is 1. The van der Waals surface area contributed by atoms with Gasteiger partial charge in [-0.15, -0.1) is 0 Å². The van der Waals surface area contributed by atoms with Crippen LogP contribution in [0.4, 0.5) is 5.82 Å². The largest absolute Gasteiger partial charge is 0.272 e. The van der Waals surface area contributed by atoms with Gasteiger partial charge in [-0.3, -0.25) is 19.3 Å². The Labute approximate surface area is 145 Å². The predicted octanol–water partition coefficient (Wildman–Crippen LogP) is 3.53. The van der Waals surface area contributed by atoms with Crippen LogP contribution in [0.25, 0.3) is 0 Å². The quantitative estimate of drug-likeness (QED) is 0.905. The van der Waals surface area contributed by atoms with Gasteiger partial charge in [-0.25, -0.2) is 4.99 Å². The minimum Gasteiger partial charge on any atom is -0.272 e. The van der Waals surface area contributed by atoms with Crippen LogP contribution in [0.2, 0.25) is 0 Å². The number of fused-ring (bicyclic) bond motifs is 1. The van der Waals surface area contributed by atoms with Crippen molar-refractivity contribution in [2.45, 2.75) is 57.7 Å². The fraction of sp³-hybridized carbons (Fsp3) is 0.588. The van der Waals surface area contributed by atoms with Gasteiger partial charge in [0.2, 0.25) is 0 Å². The highest BCUT2D eigenvalue weighted by atomic mass is 32.2. The van der Waals surface area contributed by atoms with Crippen LogP contribution in [-0.4, -0.2) is 24.6 Å². The van der Waals surface area contributed by atoms with E-state index in [0.29, 0.717) is 6.04 Å². The first-order chi connectivity index (χ1) is 11.5. The highest BCUT2D eigenvalue weighted by molar-refractivity contribution is 8.14. The summed E-state index contributed by atoms with van der Waals surface area (Å²) in [4.78, 5) is 17.5. The van der Waals surface area contributed by atoms with Gasteiger partial charge >= 0.3 is 0 Å². The number of rotatable bonds is 2. The van der Waals surface area contributed by atoms with Crippen molar-refractivity contribution in [2.75, 3.05) is 0 Å². The van der Waals surface area contributed by atoms with Gasteiger partial charge in [0, 0.05) is 18.3 Å². The number of H-pyrrole nitrogens is 1. The Morgan fingerprint density at radius 3 is 2.50 bits per heavy atom. The molecule has 6 nitrogen and oxygen atoms in total. The van der Waals surface area contributed by atoms with Gasteiger partial charge < -0.3 is 0 Å². The molecule has 1 aliphatic carbocycles. The zero-order chi connectivity index (χ0) is 17.0. The maximum absolute atomic E-state index is 12.8. The van der Waals surface area contributed by atoms with E-state index in [9.17, 15) is 4.79 Å². The SMILES string of the molecule is CC1=Nc2c(c(=O)[nH]n2C2CCCC2)[C@H](c2c(C)nn(C)c2C)S1. The molecule has 4 rings (SSSR count). The molecule has 0 saturated heterocycles. The highest BCUT2D eigenvalue weighted by Crippen LogP contribution is 2.46. The van der Waals surface area contributed by atoms with Gasteiger partial charge in [-0.2, -0.15) is 5.10 Å². The van der Waals surface area contributed by atoms with E-state index in [4.69, 9.17) is 4.99 Å². The molecular weight excluding hydrogens is 322 g/mol. The molecule has 0 radical (unpaired) electrons. The average Bonchev–Trinajstić information content (AvgIpc) is 3.20. The molecule has 7 heteroatoms. The van der Waals surface area contributed by atoms with Gasteiger partial charge in [0.25, 0.3) is 5.56 Å². The van der Waals surface area contributed by atoms with Crippen LogP contribution < -0.4 is 5.56 Å². The summed E-state index contributed by atoms with van der Waals surface area (Å²) in [5.74, 6) is 0.829. The Balaban J connectivity index is 1.90. The monoisotopic (exact) mass is 345 g/mol. The molecule has 2 aromatic heterocycles. The fourth-order valence-electron chi connectivity index (χ4n) is 4.01. The second-order valence-corrected chi connectivity index (χ2v) is 8.12. The zero-order valence-electron chi connectivity index (χ0n) is 14.6. The molecule has 128 valence electrons. The third-order valence-electron chi connectivity index (χ3n) is 5.27.